The summed E-state index contributed by atoms with van der Waals surface area (Å²) in [4.78, 5) is 26.4. The first-order chi connectivity index (χ1) is 9.80. The molecular formula is C14H20N4O3. The summed E-state index contributed by atoms with van der Waals surface area (Å²) in [5, 5.41) is 11.1. The molecule has 0 aromatic heterocycles. The number of nitrogens with two attached hydrogens (primary N) is 1. The summed E-state index contributed by atoms with van der Waals surface area (Å²) in [6.45, 7) is 5.53. The smallest absolute Gasteiger partial charge is 0.292 e. The Labute approximate surface area is 123 Å². The third-order valence-electron chi connectivity index (χ3n) is 3.54. The first kappa shape index (κ1) is 15.2. The van der Waals surface area contributed by atoms with Crippen molar-refractivity contribution < 1.29 is 9.72 Å². The molecule has 7 nitrogen and oxygen atoms in total. The van der Waals surface area contributed by atoms with Gasteiger partial charge in [-0.05, 0) is 19.9 Å². The van der Waals surface area contributed by atoms with Gasteiger partial charge in [0.2, 0.25) is 5.91 Å². The number of para-hydroxylation sites is 2. The Bertz CT molecular complexity index is 545. The van der Waals surface area contributed by atoms with E-state index in [1.807, 2.05) is 4.90 Å². The van der Waals surface area contributed by atoms with Crippen LogP contribution >= 0.6 is 0 Å². The predicted molar refractivity (Wildman–Crippen MR) is 80.2 cm³/mol. The molecule has 1 heterocycles. The number of nitro groups is 1. The van der Waals surface area contributed by atoms with Gasteiger partial charge in [0.25, 0.3) is 5.69 Å². The van der Waals surface area contributed by atoms with E-state index in [4.69, 9.17) is 5.73 Å². The number of amides is 1. The zero-order valence-corrected chi connectivity index (χ0v) is 12.3. The molecule has 0 bridgehead atoms. The van der Waals surface area contributed by atoms with Crippen molar-refractivity contribution in [1.82, 2.24) is 4.90 Å². The number of nitro benzene ring substituents is 1. The lowest BCUT2D eigenvalue weighted by Crippen LogP contribution is -2.57. The normalized spacial score (nSPS) is 16.0. The van der Waals surface area contributed by atoms with E-state index in [9.17, 15) is 14.9 Å². The maximum absolute atomic E-state index is 12.1. The van der Waals surface area contributed by atoms with Gasteiger partial charge in [-0.1, -0.05) is 12.1 Å². The number of rotatable bonds is 3. The molecule has 1 saturated heterocycles. The highest BCUT2D eigenvalue weighted by molar-refractivity contribution is 5.85. The molecule has 21 heavy (non-hydrogen) atoms. The van der Waals surface area contributed by atoms with E-state index in [1.165, 1.54) is 6.07 Å². The number of carbonyl (C=O) groups is 1. The van der Waals surface area contributed by atoms with Crippen LogP contribution in [0.3, 0.4) is 0 Å². The molecule has 0 aliphatic carbocycles. The van der Waals surface area contributed by atoms with E-state index >= 15 is 0 Å². The Kier molecular flexibility index (Phi) is 4.13. The standard InChI is InChI=1S/C14H20N4O3/c1-14(2,15)13(19)17-9-7-16(8-10-17)11-5-3-4-6-12(11)18(20)21/h3-6H,7-10,15H2,1-2H3. The summed E-state index contributed by atoms with van der Waals surface area (Å²) in [5.74, 6) is -0.0929. The quantitative estimate of drug-likeness (QED) is 0.662. The van der Waals surface area contributed by atoms with E-state index in [2.05, 4.69) is 0 Å². The van der Waals surface area contributed by atoms with Gasteiger partial charge >= 0.3 is 0 Å². The number of carbonyl (C=O) groups excluding carboxylic acids is 1. The molecular weight excluding hydrogens is 272 g/mol. The topological polar surface area (TPSA) is 92.7 Å². The highest BCUT2D eigenvalue weighted by Crippen LogP contribution is 2.28. The first-order valence-corrected chi connectivity index (χ1v) is 6.87. The maximum atomic E-state index is 12.1. The highest BCUT2D eigenvalue weighted by Gasteiger charge is 2.31. The molecule has 0 saturated carbocycles. The van der Waals surface area contributed by atoms with Gasteiger partial charge in [0.15, 0.2) is 0 Å². The van der Waals surface area contributed by atoms with Crippen molar-refractivity contribution in [3.05, 3.63) is 34.4 Å². The molecule has 1 aromatic rings. The maximum Gasteiger partial charge on any atom is 0.292 e. The number of piperazine rings is 1. The monoisotopic (exact) mass is 292 g/mol. The van der Waals surface area contributed by atoms with E-state index in [-0.39, 0.29) is 16.5 Å². The summed E-state index contributed by atoms with van der Waals surface area (Å²) in [6.07, 6.45) is 0. The van der Waals surface area contributed by atoms with Gasteiger partial charge in [-0.15, -0.1) is 0 Å². The number of nitrogens with zero attached hydrogens (tertiary/aromatic N) is 3. The van der Waals surface area contributed by atoms with Crippen LogP contribution in [0, 0.1) is 10.1 Å². The van der Waals surface area contributed by atoms with Crippen LogP contribution in [0.4, 0.5) is 11.4 Å². The van der Waals surface area contributed by atoms with Gasteiger partial charge in [0, 0.05) is 32.2 Å². The molecule has 114 valence electrons. The van der Waals surface area contributed by atoms with Gasteiger partial charge in [0.1, 0.15) is 5.69 Å². The SMILES string of the molecule is CC(C)(N)C(=O)N1CCN(c2ccccc2[N+](=O)[O-])CC1. The van der Waals surface area contributed by atoms with Crippen molar-refractivity contribution in [2.75, 3.05) is 31.1 Å². The van der Waals surface area contributed by atoms with E-state index in [0.717, 1.165) is 0 Å². The van der Waals surface area contributed by atoms with E-state index < -0.39 is 5.54 Å². The number of benzene rings is 1. The highest BCUT2D eigenvalue weighted by atomic mass is 16.6. The average molecular weight is 292 g/mol. The molecule has 7 heteroatoms. The lowest BCUT2D eigenvalue weighted by atomic mass is 10.0. The van der Waals surface area contributed by atoms with Crippen LogP contribution < -0.4 is 10.6 Å². The fraction of sp³-hybridized carbons (Fsp3) is 0.500. The minimum absolute atomic E-state index is 0.0929. The Morgan fingerprint density at radius 2 is 1.81 bits per heavy atom. The van der Waals surface area contributed by atoms with Crippen molar-refractivity contribution in [3.8, 4) is 0 Å². The van der Waals surface area contributed by atoms with Gasteiger partial charge in [-0.2, -0.15) is 0 Å². The Morgan fingerprint density at radius 1 is 1.24 bits per heavy atom. The lowest BCUT2D eigenvalue weighted by molar-refractivity contribution is -0.384. The van der Waals surface area contributed by atoms with Crippen LogP contribution in [0.2, 0.25) is 0 Å². The molecule has 0 atom stereocenters. The van der Waals surface area contributed by atoms with Crippen LogP contribution in [0.15, 0.2) is 24.3 Å². The van der Waals surface area contributed by atoms with Crippen molar-refractivity contribution in [3.63, 3.8) is 0 Å². The van der Waals surface area contributed by atoms with Crippen molar-refractivity contribution in [2.45, 2.75) is 19.4 Å². The van der Waals surface area contributed by atoms with Gasteiger partial charge in [-0.3, -0.25) is 14.9 Å². The Morgan fingerprint density at radius 3 is 2.33 bits per heavy atom. The summed E-state index contributed by atoms with van der Waals surface area (Å²) in [6, 6.07) is 6.67. The van der Waals surface area contributed by atoms with E-state index in [0.29, 0.717) is 31.9 Å². The number of anilines is 1. The second kappa shape index (κ2) is 5.69. The zero-order valence-electron chi connectivity index (χ0n) is 12.3. The third-order valence-corrected chi connectivity index (χ3v) is 3.54. The molecule has 2 N–H and O–H groups in total. The van der Waals surface area contributed by atoms with Crippen LogP contribution in [-0.4, -0.2) is 47.4 Å². The Balaban J connectivity index is 2.09. The number of hydrogen-bond donors (Lipinski definition) is 1. The summed E-state index contributed by atoms with van der Waals surface area (Å²) in [7, 11) is 0. The predicted octanol–water partition coefficient (Wildman–Crippen LogP) is 0.981. The first-order valence-electron chi connectivity index (χ1n) is 6.87. The molecule has 1 aromatic carbocycles. The molecule has 0 radical (unpaired) electrons. The molecule has 0 unspecified atom stereocenters. The van der Waals surface area contributed by atoms with Gasteiger partial charge < -0.3 is 15.5 Å². The average Bonchev–Trinajstić information content (AvgIpc) is 2.45. The van der Waals surface area contributed by atoms with Gasteiger partial charge in [-0.25, -0.2) is 0 Å². The molecule has 1 amide bonds. The van der Waals surface area contributed by atoms with Crippen LogP contribution in [0.5, 0.6) is 0 Å². The Hall–Kier alpha value is -2.15. The lowest BCUT2D eigenvalue weighted by Gasteiger charge is -2.38. The van der Waals surface area contributed by atoms with Crippen molar-refractivity contribution in [2.24, 2.45) is 5.73 Å². The summed E-state index contributed by atoms with van der Waals surface area (Å²) < 4.78 is 0. The molecule has 0 spiro atoms. The molecule has 1 aliphatic heterocycles. The minimum Gasteiger partial charge on any atom is -0.362 e. The van der Waals surface area contributed by atoms with Crippen LogP contribution in [-0.2, 0) is 4.79 Å². The van der Waals surface area contributed by atoms with Gasteiger partial charge in [0.05, 0.1) is 10.5 Å². The zero-order chi connectivity index (χ0) is 15.6. The third kappa shape index (κ3) is 3.30. The largest absolute Gasteiger partial charge is 0.362 e. The number of hydrogen-bond acceptors (Lipinski definition) is 5. The summed E-state index contributed by atoms with van der Waals surface area (Å²) in [5.41, 5.74) is 5.63. The van der Waals surface area contributed by atoms with E-state index in [1.54, 1.807) is 36.9 Å². The van der Waals surface area contributed by atoms with Crippen molar-refractivity contribution >= 4 is 17.3 Å². The van der Waals surface area contributed by atoms with Crippen LogP contribution in [0.1, 0.15) is 13.8 Å². The summed E-state index contributed by atoms with van der Waals surface area (Å²) >= 11 is 0. The molecule has 1 aliphatic rings. The fourth-order valence-electron chi connectivity index (χ4n) is 2.44. The molecule has 2 rings (SSSR count). The molecule has 1 fully saturated rings. The second-order valence-corrected chi connectivity index (χ2v) is 5.75. The fourth-order valence-corrected chi connectivity index (χ4v) is 2.44. The minimum atomic E-state index is -0.888. The van der Waals surface area contributed by atoms with Crippen LogP contribution in [0.25, 0.3) is 0 Å². The van der Waals surface area contributed by atoms with Crippen molar-refractivity contribution in [1.29, 1.82) is 0 Å². The second-order valence-electron chi connectivity index (χ2n) is 5.75.